The van der Waals surface area contributed by atoms with Gasteiger partial charge in [-0.05, 0) is 42.3 Å². The first-order valence-corrected chi connectivity index (χ1v) is 9.07. The standard InChI is InChI=1S/C19H16Cl2FN3O3/c1-19(12-4-7-14(20)15(21)8-12)17(27)25(18(28)24-19)10-16(26)23-9-11-2-5-13(22)6-3-11/h2-8H,9-10H2,1H3,(H,23,26)(H,24,28). The van der Waals surface area contributed by atoms with Gasteiger partial charge in [-0.2, -0.15) is 0 Å². The van der Waals surface area contributed by atoms with Gasteiger partial charge in [-0.15, -0.1) is 0 Å². The summed E-state index contributed by atoms with van der Waals surface area (Å²) in [6.07, 6.45) is 0. The van der Waals surface area contributed by atoms with E-state index in [0.29, 0.717) is 16.1 Å². The summed E-state index contributed by atoms with van der Waals surface area (Å²) < 4.78 is 12.9. The Kier molecular flexibility index (Phi) is 5.58. The molecule has 1 saturated heterocycles. The molecule has 0 aromatic heterocycles. The quantitative estimate of drug-likeness (QED) is 0.724. The maximum Gasteiger partial charge on any atom is 0.325 e. The molecule has 0 saturated carbocycles. The summed E-state index contributed by atoms with van der Waals surface area (Å²) in [6, 6.07) is 9.56. The second-order valence-corrected chi connectivity index (χ2v) is 7.29. The molecule has 1 fully saturated rings. The Labute approximate surface area is 170 Å². The van der Waals surface area contributed by atoms with Gasteiger partial charge in [0.05, 0.1) is 10.0 Å². The van der Waals surface area contributed by atoms with Crippen LogP contribution in [0.4, 0.5) is 9.18 Å². The second kappa shape index (κ2) is 7.77. The average Bonchev–Trinajstić information content (AvgIpc) is 2.87. The number of carbonyl (C=O) groups is 3. The van der Waals surface area contributed by atoms with Crippen LogP contribution in [0.1, 0.15) is 18.1 Å². The van der Waals surface area contributed by atoms with Crippen LogP contribution >= 0.6 is 23.2 Å². The zero-order chi connectivity index (χ0) is 20.5. The van der Waals surface area contributed by atoms with Crippen molar-refractivity contribution in [1.29, 1.82) is 0 Å². The van der Waals surface area contributed by atoms with Crippen LogP contribution in [0, 0.1) is 5.82 Å². The third kappa shape index (κ3) is 3.95. The van der Waals surface area contributed by atoms with Crippen molar-refractivity contribution in [3.05, 3.63) is 69.5 Å². The van der Waals surface area contributed by atoms with Crippen LogP contribution in [0.5, 0.6) is 0 Å². The molecule has 0 spiro atoms. The Bertz CT molecular complexity index is 952. The number of nitrogens with one attached hydrogen (secondary N) is 2. The van der Waals surface area contributed by atoms with E-state index in [9.17, 15) is 18.8 Å². The topological polar surface area (TPSA) is 78.5 Å². The minimum Gasteiger partial charge on any atom is -0.350 e. The SMILES string of the molecule is CC1(c2ccc(Cl)c(Cl)c2)NC(=O)N(CC(=O)NCc2ccc(F)cc2)C1=O. The minimum absolute atomic E-state index is 0.146. The number of imide groups is 1. The summed E-state index contributed by atoms with van der Waals surface area (Å²) in [5.41, 5.74) is -0.218. The molecule has 0 radical (unpaired) electrons. The van der Waals surface area contributed by atoms with Crippen molar-refractivity contribution in [3.63, 3.8) is 0 Å². The van der Waals surface area contributed by atoms with E-state index in [1.54, 1.807) is 6.07 Å². The molecule has 1 unspecified atom stereocenters. The lowest BCUT2D eigenvalue weighted by molar-refractivity contribution is -0.134. The summed E-state index contributed by atoms with van der Waals surface area (Å²) in [6.45, 7) is 1.23. The minimum atomic E-state index is -1.36. The van der Waals surface area contributed by atoms with Crippen molar-refractivity contribution in [2.75, 3.05) is 6.54 Å². The fraction of sp³-hybridized carbons (Fsp3) is 0.211. The molecule has 2 N–H and O–H groups in total. The third-order valence-corrected chi connectivity index (χ3v) is 5.22. The number of carbonyl (C=O) groups excluding carboxylic acids is 3. The van der Waals surface area contributed by atoms with Crippen molar-refractivity contribution in [1.82, 2.24) is 15.5 Å². The van der Waals surface area contributed by atoms with Gasteiger partial charge in [-0.1, -0.05) is 41.4 Å². The van der Waals surface area contributed by atoms with Crippen LogP contribution in [-0.4, -0.2) is 29.3 Å². The van der Waals surface area contributed by atoms with E-state index in [4.69, 9.17) is 23.2 Å². The summed E-state index contributed by atoms with van der Waals surface area (Å²) in [4.78, 5) is 38.1. The zero-order valence-corrected chi connectivity index (χ0v) is 16.3. The number of nitrogens with zero attached hydrogens (tertiary/aromatic N) is 1. The monoisotopic (exact) mass is 423 g/mol. The zero-order valence-electron chi connectivity index (χ0n) is 14.8. The second-order valence-electron chi connectivity index (χ2n) is 6.48. The van der Waals surface area contributed by atoms with E-state index < -0.39 is 29.9 Å². The molecule has 28 heavy (non-hydrogen) atoms. The van der Waals surface area contributed by atoms with E-state index in [1.165, 1.54) is 43.3 Å². The van der Waals surface area contributed by atoms with Crippen LogP contribution in [-0.2, 0) is 21.7 Å². The van der Waals surface area contributed by atoms with Gasteiger partial charge in [0.1, 0.15) is 17.9 Å². The predicted molar refractivity (Wildman–Crippen MR) is 102 cm³/mol. The molecule has 146 valence electrons. The van der Waals surface area contributed by atoms with E-state index in [-0.39, 0.29) is 17.4 Å². The largest absolute Gasteiger partial charge is 0.350 e. The van der Waals surface area contributed by atoms with E-state index >= 15 is 0 Å². The molecule has 1 heterocycles. The predicted octanol–water partition coefficient (Wildman–Crippen LogP) is 3.22. The van der Waals surface area contributed by atoms with Crippen LogP contribution in [0.3, 0.4) is 0 Å². The first-order chi connectivity index (χ1) is 13.2. The molecule has 3 rings (SSSR count). The summed E-state index contributed by atoms with van der Waals surface area (Å²) in [5, 5.41) is 5.76. The molecule has 2 aromatic carbocycles. The Morgan fingerprint density at radius 2 is 1.82 bits per heavy atom. The van der Waals surface area contributed by atoms with Gasteiger partial charge in [0.2, 0.25) is 5.91 Å². The summed E-state index contributed by atoms with van der Waals surface area (Å²) >= 11 is 11.9. The molecule has 1 aliphatic rings. The van der Waals surface area contributed by atoms with Gasteiger partial charge in [-0.3, -0.25) is 14.5 Å². The molecular weight excluding hydrogens is 408 g/mol. The number of benzene rings is 2. The van der Waals surface area contributed by atoms with Crippen LogP contribution in [0.15, 0.2) is 42.5 Å². The molecule has 0 aliphatic carbocycles. The van der Waals surface area contributed by atoms with Crippen molar-refractivity contribution in [3.8, 4) is 0 Å². The van der Waals surface area contributed by atoms with Gasteiger partial charge >= 0.3 is 6.03 Å². The van der Waals surface area contributed by atoms with Crippen LogP contribution in [0.2, 0.25) is 10.0 Å². The molecule has 4 amide bonds. The lowest BCUT2D eigenvalue weighted by Crippen LogP contribution is -2.43. The molecule has 1 atom stereocenters. The lowest BCUT2D eigenvalue weighted by atomic mass is 9.92. The lowest BCUT2D eigenvalue weighted by Gasteiger charge is -2.22. The molecule has 2 aromatic rings. The maximum atomic E-state index is 12.9. The maximum absolute atomic E-state index is 12.9. The summed E-state index contributed by atoms with van der Waals surface area (Å²) in [5.74, 6) is -1.48. The number of rotatable bonds is 5. The van der Waals surface area contributed by atoms with Gasteiger partial charge < -0.3 is 10.6 Å². The first kappa shape index (κ1) is 20.1. The van der Waals surface area contributed by atoms with E-state index in [0.717, 1.165) is 4.90 Å². The number of amides is 4. The Morgan fingerprint density at radius 1 is 1.14 bits per heavy atom. The van der Waals surface area contributed by atoms with Crippen molar-refractivity contribution >= 4 is 41.0 Å². The number of halogens is 3. The van der Waals surface area contributed by atoms with E-state index in [2.05, 4.69) is 10.6 Å². The van der Waals surface area contributed by atoms with Gasteiger partial charge in [0.15, 0.2) is 0 Å². The molecule has 1 aliphatic heterocycles. The van der Waals surface area contributed by atoms with Crippen LogP contribution in [0.25, 0.3) is 0 Å². The summed E-state index contributed by atoms with van der Waals surface area (Å²) in [7, 11) is 0. The average molecular weight is 424 g/mol. The van der Waals surface area contributed by atoms with Gasteiger partial charge in [0.25, 0.3) is 5.91 Å². The molecule has 0 bridgehead atoms. The van der Waals surface area contributed by atoms with Gasteiger partial charge in [-0.25, -0.2) is 9.18 Å². The molecular formula is C19H16Cl2FN3O3. The fourth-order valence-electron chi connectivity index (χ4n) is 2.85. The normalized spacial score (nSPS) is 18.9. The molecule has 9 heteroatoms. The van der Waals surface area contributed by atoms with Crippen molar-refractivity contribution < 1.29 is 18.8 Å². The fourth-order valence-corrected chi connectivity index (χ4v) is 3.14. The smallest absolute Gasteiger partial charge is 0.325 e. The Balaban J connectivity index is 1.68. The van der Waals surface area contributed by atoms with Crippen molar-refractivity contribution in [2.45, 2.75) is 19.0 Å². The number of hydrogen-bond acceptors (Lipinski definition) is 3. The van der Waals surface area contributed by atoms with Crippen LogP contribution < -0.4 is 10.6 Å². The highest BCUT2D eigenvalue weighted by Crippen LogP contribution is 2.32. The Hall–Kier alpha value is -2.64. The number of hydrogen-bond donors (Lipinski definition) is 2. The first-order valence-electron chi connectivity index (χ1n) is 8.31. The highest BCUT2D eigenvalue weighted by Gasteiger charge is 2.49. The van der Waals surface area contributed by atoms with E-state index in [1.807, 2.05) is 0 Å². The number of urea groups is 1. The highest BCUT2D eigenvalue weighted by molar-refractivity contribution is 6.42. The Morgan fingerprint density at radius 3 is 2.46 bits per heavy atom. The van der Waals surface area contributed by atoms with Crippen molar-refractivity contribution in [2.24, 2.45) is 0 Å². The van der Waals surface area contributed by atoms with Gasteiger partial charge in [0, 0.05) is 6.54 Å². The highest BCUT2D eigenvalue weighted by atomic mass is 35.5. The molecule has 6 nitrogen and oxygen atoms in total. The third-order valence-electron chi connectivity index (χ3n) is 4.48.